The van der Waals surface area contributed by atoms with Crippen LogP contribution in [0.1, 0.15) is 24.5 Å². The molecular weight excluding hydrogens is 246 g/mol. The Morgan fingerprint density at radius 3 is 2.45 bits per heavy atom. The van der Waals surface area contributed by atoms with Crippen molar-refractivity contribution in [1.82, 2.24) is 4.90 Å². The molecule has 0 aromatic heterocycles. The SMILES string of the molecule is CC(CC(=N)c1ccc(C#N)c2ccccc12)N(C)C. The number of hydrogen-bond acceptors (Lipinski definition) is 3. The first-order chi connectivity index (χ1) is 9.54. The lowest BCUT2D eigenvalue weighted by atomic mass is 9.94. The zero-order valence-corrected chi connectivity index (χ0v) is 12.1. The highest BCUT2D eigenvalue weighted by Crippen LogP contribution is 2.24. The number of rotatable bonds is 4. The molecule has 2 aromatic rings. The second kappa shape index (κ2) is 5.85. The van der Waals surface area contributed by atoms with Gasteiger partial charge >= 0.3 is 0 Å². The van der Waals surface area contributed by atoms with Crippen LogP contribution in [0.2, 0.25) is 0 Å². The van der Waals surface area contributed by atoms with E-state index in [4.69, 9.17) is 5.41 Å². The molecule has 1 N–H and O–H groups in total. The molecule has 2 rings (SSSR count). The molecule has 1 unspecified atom stereocenters. The van der Waals surface area contributed by atoms with E-state index in [-0.39, 0.29) is 0 Å². The van der Waals surface area contributed by atoms with E-state index in [1.54, 1.807) is 0 Å². The molecule has 0 spiro atoms. The molecule has 0 amide bonds. The summed E-state index contributed by atoms with van der Waals surface area (Å²) in [6.07, 6.45) is 0.697. The van der Waals surface area contributed by atoms with E-state index in [0.717, 1.165) is 16.3 Å². The average Bonchev–Trinajstić information content (AvgIpc) is 2.45. The highest BCUT2D eigenvalue weighted by Gasteiger charge is 2.13. The second-order valence-electron chi connectivity index (χ2n) is 5.31. The molecule has 20 heavy (non-hydrogen) atoms. The number of hydrogen-bond donors (Lipinski definition) is 1. The van der Waals surface area contributed by atoms with Crippen molar-refractivity contribution in [3.05, 3.63) is 47.5 Å². The highest BCUT2D eigenvalue weighted by atomic mass is 15.1. The number of fused-ring (bicyclic) bond motifs is 1. The Morgan fingerprint density at radius 2 is 1.85 bits per heavy atom. The Kier molecular flexibility index (Phi) is 4.16. The molecule has 0 heterocycles. The van der Waals surface area contributed by atoms with Gasteiger partial charge in [0.25, 0.3) is 0 Å². The zero-order valence-electron chi connectivity index (χ0n) is 12.1. The van der Waals surface area contributed by atoms with E-state index < -0.39 is 0 Å². The first-order valence-corrected chi connectivity index (χ1v) is 6.70. The van der Waals surface area contributed by atoms with Crippen molar-refractivity contribution in [1.29, 1.82) is 10.7 Å². The Bertz CT molecular complexity index is 680. The van der Waals surface area contributed by atoms with Crippen molar-refractivity contribution in [2.24, 2.45) is 0 Å². The first kappa shape index (κ1) is 14.2. The highest BCUT2D eigenvalue weighted by molar-refractivity contribution is 6.10. The number of benzene rings is 2. The number of nitrogens with zero attached hydrogens (tertiary/aromatic N) is 2. The molecule has 0 saturated carbocycles. The number of nitrogens with one attached hydrogen (secondary N) is 1. The summed E-state index contributed by atoms with van der Waals surface area (Å²) < 4.78 is 0. The van der Waals surface area contributed by atoms with E-state index in [2.05, 4.69) is 17.9 Å². The van der Waals surface area contributed by atoms with Crippen LogP contribution in [0.3, 0.4) is 0 Å². The Hall–Kier alpha value is -2.18. The molecule has 0 fully saturated rings. The Labute approximate surface area is 120 Å². The molecule has 1 atom stereocenters. The third kappa shape index (κ3) is 2.71. The lowest BCUT2D eigenvalue weighted by Gasteiger charge is -2.20. The summed E-state index contributed by atoms with van der Waals surface area (Å²) in [6, 6.07) is 14.1. The molecule has 0 bridgehead atoms. The van der Waals surface area contributed by atoms with Crippen molar-refractivity contribution in [3.8, 4) is 6.07 Å². The molecule has 2 aromatic carbocycles. The van der Waals surface area contributed by atoms with Crippen LogP contribution in [0.5, 0.6) is 0 Å². The minimum Gasteiger partial charge on any atom is -0.306 e. The maximum Gasteiger partial charge on any atom is 0.0998 e. The Balaban J connectivity index is 2.46. The van der Waals surface area contributed by atoms with Gasteiger partial charge in [-0.3, -0.25) is 0 Å². The van der Waals surface area contributed by atoms with Crippen LogP contribution in [0.4, 0.5) is 0 Å². The minimum absolute atomic E-state index is 0.317. The minimum atomic E-state index is 0.317. The third-order valence-corrected chi connectivity index (χ3v) is 3.75. The third-order valence-electron chi connectivity index (χ3n) is 3.75. The topological polar surface area (TPSA) is 50.9 Å². The fourth-order valence-electron chi connectivity index (χ4n) is 2.25. The summed E-state index contributed by atoms with van der Waals surface area (Å²) in [5.41, 5.74) is 2.21. The second-order valence-corrected chi connectivity index (χ2v) is 5.31. The van der Waals surface area contributed by atoms with E-state index >= 15 is 0 Å². The van der Waals surface area contributed by atoms with Gasteiger partial charge in [0.05, 0.1) is 11.6 Å². The maximum absolute atomic E-state index is 9.17. The van der Waals surface area contributed by atoms with Crippen LogP contribution >= 0.6 is 0 Å². The van der Waals surface area contributed by atoms with Crippen LogP contribution in [-0.2, 0) is 0 Å². The molecule has 0 saturated heterocycles. The lowest BCUT2D eigenvalue weighted by Crippen LogP contribution is -2.27. The van der Waals surface area contributed by atoms with E-state index in [9.17, 15) is 5.26 Å². The quantitative estimate of drug-likeness (QED) is 0.861. The van der Waals surface area contributed by atoms with E-state index in [1.807, 2.05) is 50.5 Å². The summed E-state index contributed by atoms with van der Waals surface area (Å²) in [5.74, 6) is 0. The van der Waals surface area contributed by atoms with Crippen molar-refractivity contribution in [3.63, 3.8) is 0 Å². The molecule has 3 heteroatoms. The Morgan fingerprint density at radius 1 is 1.20 bits per heavy atom. The van der Waals surface area contributed by atoms with Gasteiger partial charge < -0.3 is 10.3 Å². The predicted molar refractivity (Wildman–Crippen MR) is 83.3 cm³/mol. The van der Waals surface area contributed by atoms with Gasteiger partial charge in [0.15, 0.2) is 0 Å². The number of nitriles is 1. The summed E-state index contributed by atoms with van der Waals surface area (Å²) in [5, 5.41) is 19.4. The molecule has 3 nitrogen and oxygen atoms in total. The summed E-state index contributed by atoms with van der Waals surface area (Å²) in [7, 11) is 4.05. The summed E-state index contributed by atoms with van der Waals surface area (Å²) in [4.78, 5) is 2.11. The van der Waals surface area contributed by atoms with Gasteiger partial charge in [-0.1, -0.05) is 30.3 Å². The molecular formula is C17H19N3. The molecule has 0 radical (unpaired) electrons. The summed E-state index contributed by atoms with van der Waals surface area (Å²) in [6.45, 7) is 2.11. The van der Waals surface area contributed by atoms with Gasteiger partial charge in [-0.05, 0) is 32.5 Å². The largest absolute Gasteiger partial charge is 0.306 e. The van der Waals surface area contributed by atoms with Gasteiger partial charge in [0.2, 0.25) is 0 Å². The van der Waals surface area contributed by atoms with Crippen LogP contribution in [0.15, 0.2) is 36.4 Å². The van der Waals surface area contributed by atoms with Crippen molar-refractivity contribution in [2.75, 3.05) is 14.1 Å². The summed E-state index contributed by atoms with van der Waals surface area (Å²) >= 11 is 0. The van der Waals surface area contributed by atoms with Crippen LogP contribution < -0.4 is 0 Å². The lowest BCUT2D eigenvalue weighted by molar-refractivity contribution is 0.321. The van der Waals surface area contributed by atoms with Crippen LogP contribution in [0.25, 0.3) is 10.8 Å². The maximum atomic E-state index is 9.17. The molecule has 0 aliphatic rings. The van der Waals surface area contributed by atoms with E-state index in [0.29, 0.717) is 23.7 Å². The zero-order chi connectivity index (χ0) is 14.7. The standard InChI is InChI=1S/C17H19N3/c1-12(20(2)3)10-17(19)16-9-8-13(11-18)14-6-4-5-7-15(14)16/h4-9,12,19H,10H2,1-3H3. The first-order valence-electron chi connectivity index (χ1n) is 6.70. The van der Waals surface area contributed by atoms with Crippen LogP contribution in [-0.4, -0.2) is 30.7 Å². The van der Waals surface area contributed by atoms with Gasteiger partial charge in [0, 0.05) is 29.1 Å². The average molecular weight is 265 g/mol. The van der Waals surface area contributed by atoms with Gasteiger partial charge in [-0.15, -0.1) is 0 Å². The van der Waals surface area contributed by atoms with Gasteiger partial charge in [0.1, 0.15) is 0 Å². The molecule has 0 aliphatic heterocycles. The normalized spacial score (nSPS) is 12.3. The van der Waals surface area contributed by atoms with Crippen LogP contribution in [0, 0.1) is 16.7 Å². The molecule has 102 valence electrons. The van der Waals surface area contributed by atoms with Crippen molar-refractivity contribution in [2.45, 2.75) is 19.4 Å². The van der Waals surface area contributed by atoms with E-state index in [1.165, 1.54) is 0 Å². The smallest absolute Gasteiger partial charge is 0.0998 e. The molecule has 0 aliphatic carbocycles. The fourth-order valence-corrected chi connectivity index (χ4v) is 2.25. The van der Waals surface area contributed by atoms with Gasteiger partial charge in [-0.25, -0.2) is 0 Å². The van der Waals surface area contributed by atoms with Crippen molar-refractivity contribution < 1.29 is 0 Å². The fraction of sp³-hybridized carbons (Fsp3) is 0.294. The van der Waals surface area contributed by atoms with Gasteiger partial charge in [-0.2, -0.15) is 5.26 Å². The van der Waals surface area contributed by atoms with Crippen molar-refractivity contribution >= 4 is 16.5 Å². The predicted octanol–water partition coefficient (Wildman–Crippen LogP) is 3.42. The monoisotopic (exact) mass is 265 g/mol.